The summed E-state index contributed by atoms with van der Waals surface area (Å²) in [4.78, 5) is 13.9. The largest absolute Gasteiger partial charge is 0.439 e. The van der Waals surface area contributed by atoms with Gasteiger partial charge in [0.05, 0.1) is 29.3 Å². The Labute approximate surface area is 114 Å². The van der Waals surface area contributed by atoms with Crippen LogP contribution in [0.4, 0.5) is 10.1 Å². The molecule has 0 radical (unpaired) electrons. The minimum Gasteiger partial charge on any atom is -0.439 e. The summed E-state index contributed by atoms with van der Waals surface area (Å²) in [6, 6.07) is 3.69. The molecule has 0 fully saturated rings. The lowest BCUT2D eigenvalue weighted by Crippen LogP contribution is -2.21. The maximum Gasteiger partial charge on any atom is 0.272 e. The van der Waals surface area contributed by atoms with Crippen LogP contribution in [-0.2, 0) is 6.54 Å². The first kappa shape index (κ1) is 14.1. The molecular formula is C13H14FN3O3. The summed E-state index contributed by atoms with van der Waals surface area (Å²) in [6.45, 7) is 4.41. The topological polar surface area (TPSA) is 81.2 Å². The Morgan fingerprint density at radius 3 is 2.85 bits per heavy atom. The van der Waals surface area contributed by atoms with Crippen molar-refractivity contribution in [1.82, 2.24) is 10.3 Å². The first-order valence-electron chi connectivity index (χ1n) is 6.09. The van der Waals surface area contributed by atoms with Crippen LogP contribution in [0.25, 0.3) is 11.3 Å². The third-order valence-electron chi connectivity index (χ3n) is 2.64. The molecule has 0 saturated carbocycles. The molecule has 6 nitrogen and oxygen atoms in total. The fourth-order valence-corrected chi connectivity index (χ4v) is 1.63. The maximum atomic E-state index is 13.8. The van der Waals surface area contributed by atoms with E-state index in [1.54, 1.807) is 0 Å². The lowest BCUT2D eigenvalue weighted by molar-refractivity contribution is -0.385. The number of oxazole rings is 1. The summed E-state index contributed by atoms with van der Waals surface area (Å²) in [5.41, 5.74) is -0.147. The van der Waals surface area contributed by atoms with Crippen LogP contribution in [0.3, 0.4) is 0 Å². The highest BCUT2D eigenvalue weighted by molar-refractivity contribution is 5.59. The van der Waals surface area contributed by atoms with Crippen LogP contribution in [0, 0.1) is 15.9 Å². The van der Waals surface area contributed by atoms with Crippen molar-refractivity contribution in [3.05, 3.63) is 46.2 Å². The number of hydrogen-bond donors (Lipinski definition) is 1. The number of aromatic nitrogens is 1. The smallest absolute Gasteiger partial charge is 0.272 e. The van der Waals surface area contributed by atoms with Gasteiger partial charge < -0.3 is 9.73 Å². The summed E-state index contributed by atoms with van der Waals surface area (Å²) in [5, 5.41) is 13.7. The normalized spacial score (nSPS) is 11.0. The Morgan fingerprint density at radius 1 is 1.50 bits per heavy atom. The first-order valence-corrected chi connectivity index (χ1v) is 6.09. The Morgan fingerprint density at radius 2 is 2.25 bits per heavy atom. The molecule has 0 saturated heterocycles. The molecule has 7 heteroatoms. The average Bonchev–Trinajstić information content (AvgIpc) is 2.84. The summed E-state index contributed by atoms with van der Waals surface area (Å²) >= 11 is 0. The van der Waals surface area contributed by atoms with Crippen LogP contribution in [-0.4, -0.2) is 15.9 Å². The molecule has 0 unspecified atom stereocenters. The highest BCUT2D eigenvalue weighted by Gasteiger charge is 2.15. The highest BCUT2D eigenvalue weighted by atomic mass is 19.1. The van der Waals surface area contributed by atoms with Gasteiger partial charge >= 0.3 is 0 Å². The van der Waals surface area contributed by atoms with E-state index >= 15 is 0 Å². The van der Waals surface area contributed by atoms with Crippen LogP contribution in [0.2, 0.25) is 0 Å². The van der Waals surface area contributed by atoms with Gasteiger partial charge in [0.1, 0.15) is 5.82 Å². The van der Waals surface area contributed by atoms with Crippen LogP contribution in [0.1, 0.15) is 19.7 Å². The van der Waals surface area contributed by atoms with Crippen molar-refractivity contribution in [3.63, 3.8) is 0 Å². The molecule has 2 rings (SSSR count). The molecule has 0 aliphatic carbocycles. The zero-order valence-electron chi connectivity index (χ0n) is 11.1. The van der Waals surface area contributed by atoms with Gasteiger partial charge in [0.2, 0.25) is 5.89 Å². The monoisotopic (exact) mass is 279 g/mol. The number of nitrogens with one attached hydrogen (secondary N) is 1. The molecule has 1 aromatic heterocycles. The van der Waals surface area contributed by atoms with Gasteiger partial charge in [-0.2, -0.15) is 0 Å². The van der Waals surface area contributed by atoms with Crippen molar-refractivity contribution in [1.29, 1.82) is 0 Å². The predicted octanol–water partition coefficient (Wildman–Crippen LogP) is 2.89. The summed E-state index contributed by atoms with van der Waals surface area (Å²) in [7, 11) is 0. The Bertz CT molecular complexity index is 625. The number of rotatable bonds is 5. The molecule has 1 N–H and O–H groups in total. The Balaban J connectivity index is 2.21. The van der Waals surface area contributed by atoms with Crippen LogP contribution >= 0.6 is 0 Å². The van der Waals surface area contributed by atoms with Crippen molar-refractivity contribution in [2.24, 2.45) is 0 Å². The number of nitro groups is 1. The van der Waals surface area contributed by atoms with Gasteiger partial charge in [-0.25, -0.2) is 9.37 Å². The molecule has 0 atom stereocenters. The molecule has 1 heterocycles. The summed E-state index contributed by atoms with van der Waals surface area (Å²) in [5.74, 6) is -0.0249. The number of benzene rings is 1. The van der Waals surface area contributed by atoms with E-state index in [0.717, 1.165) is 6.07 Å². The maximum absolute atomic E-state index is 13.8. The minimum absolute atomic E-state index is 0.152. The quantitative estimate of drug-likeness (QED) is 0.672. The van der Waals surface area contributed by atoms with Crippen LogP contribution < -0.4 is 5.32 Å². The van der Waals surface area contributed by atoms with Gasteiger partial charge in [0.15, 0.2) is 5.76 Å². The van der Waals surface area contributed by atoms with Crippen LogP contribution in [0.15, 0.2) is 28.8 Å². The second-order valence-corrected chi connectivity index (χ2v) is 4.58. The Hall–Kier alpha value is -2.28. The highest BCUT2D eigenvalue weighted by Crippen LogP contribution is 2.26. The number of nitrogens with zero attached hydrogens (tertiary/aromatic N) is 2. The van der Waals surface area contributed by atoms with Crippen molar-refractivity contribution in [2.45, 2.75) is 26.4 Å². The minimum atomic E-state index is -0.710. The molecular weight excluding hydrogens is 265 g/mol. The van der Waals surface area contributed by atoms with Crippen molar-refractivity contribution < 1.29 is 13.7 Å². The zero-order valence-corrected chi connectivity index (χ0v) is 11.1. The van der Waals surface area contributed by atoms with E-state index in [1.807, 2.05) is 13.8 Å². The zero-order chi connectivity index (χ0) is 14.7. The third kappa shape index (κ3) is 3.18. The molecule has 0 amide bonds. The van der Waals surface area contributed by atoms with E-state index in [1.165, 1.54) is 18.3 Å². The van der Waals surface area contributed by atoms with Gasteiger partial charge in [0.25, 0.3) is 5.69 Å². The fraction of sp³-hybridized carbons (Fsp3) is 0.308. The Kier molecular flexibility index (Phi) is 4.09. The van der Waals surface area contributed by atoms with Gasteiger partial charge in [0, 0.05) is 12.1 Å². The summed E-state index contributed by atoms with van der Waals surface area (Å²) < 4.78 is 19.2. The predicted molar refractivity (Wildman–Crippen MR) is 70.5 cm³/mol. The van der Waals surface area contributed by atoms with Crippen LogP contribution in [0.5, 0.6) is 0 Å². The molecule has 0 bridgehead atoms. The van der Waals surface area contributed by atoms with E-state index in [2.05, 4.69) is 10.3 Å². The molecule has 106 valence electrons. The SMILES string of the molecule is CC(C)NCc1ncc(-c2ccc([N+](=O)[O-])cc2F)o1. The van der Waals surface area contributed by atoms with Crippen molar-refractivity contribution in [2.75, 3.05) is 0 Å². The second-order valence-electron chi connectivity index (χ2n) is 4.58. The molecule has 0 aliphatic rings. The average molecular weight is 279 g/mol. The number of nitro benzene ring substituents is 1. The van der Waals surface area contributed by atoms with Gasteiger partial charge in [-0.15, -0.1) is 0 Å². The lowest BCUT2D eigenvalue weighted by atomic mass is 10.1. The van der Waals surface area contributed by atoms with E-state index in [4.69, 9.17) is 4.42 Å². The third-order valence-corrected chi connectivity index (χ3v) is 2.64. The number of halogens is 1. The standard InChI is InChI=1S/C13H14FN3O3/c1-8(2)15-7-13-16-6-12(20-13)10-4-3-9(17(18)19)5-11(10)14/h3-6,8,15H,7H2,1-2H3. The number of hydrogen-bond acceptors (Lipinski definition) is 5. The van der Waals surface area contributed by atoms with E-state index < -0.39 is 10.7 Å². The first-order chi connectivity index (χ1) is 9.47. The molecule has 20 heavy (non-hydrogen) atoms. The molecule has 0 aliphatic heterocycles. The summed E-state index contributed by atoms with van der Waals surface area (Å²) in [6.07, 6.45) is 1.40. The van der Waals surface area contributed by atoms with E-state index in [0.29, 0.717) is 12.4 Å². The second kappa shape index (κ2) is 5.79. The molecule has 0 spiro atoms. The lowest BCUT2D eigenvalue weighted by Gasteiger charge is -2.04. The fourth-order valence-electron chi connectivity index (χ4n) is 1.63. The number of non-ortho nitro benzene ring substituents is 1. The van der Waals surface area contributed by atoms with Gasteiger partial charge in [-0.05, 0) is 6.07 Å². The van der Waals surface area contributed by atoms with Crippen molar-refractivity contribution >= 4 is 5.69 Å². The van der Waals surface area contributed by atoms with Crippen molar-refractivity contribution in [3.8, 4) is 11.3 Å². The van der Waals surface area contributed by atoms with Gasteiger partial charge in [-0.1, -0.05) is 13.8 Å². The molecule has 2 aromatic rings. The van der Waals surface area contributed by atoms with E-state index in [9.17, 15) is 14.5 Å². The van der Waals surface area contributed by atoms with Gasteiger partial charge in [-0.3, -0.25) is 10.1 Å². The van der Waals surface area contributed by atoms with E-state index in [-0.39, 0.29) is 23.1 Å². The molecule has 1 aromatic carbocycles.